The Kier molecular flexibility index (Phi) is 4.38. The van der Waals surface area contributed by atoms with Crippen LogP contribution in [0.5, 0.6) is 0 Å². The zero-order valence-corrected chi connectivity index (χ0v) is 12.6. The molecule has 0 saturated carbocycles. The summed E-state index contributed by atoms with van der Waals surface area (Å²) in [6.45, 7) is 0.0381. The lowest BCUT2D eigenvalue weighted by molar-refractivity contribution is -0.119. The molecule has 9 heteroatoms. The molecule has 118 valence electrons. The second-order valence-electron chi connectivity index (χ2n) is 4.66. The fourth-order valence-corrected chi connectivity index (χ4v) is 2.74. The standard InChI is InChI=1S/C14H11F2N5OS/c15-10-3-4-13(12(16)6-10)21(7-11-2-1-5-23-11)14(22)8-20-9-17-18-19-20/h1-6,9H,7-8H2. The van der Waals surface area contributed by atoms with Gasteiger partial charge in [0.25, 0.3) is 0 Å². The van der Waals surface area contributed by atoms with Crippen LogP contribution in [0.25, 0.3) is 0 Å². The average Bonchev–Trinajstić information content (AvgIpc) is 3.18. The van der Waals surface area contributed by atoms with E-state index >= 15 is 0 Å². The zero-order valence-electron chi connectivity index (χ0n) is 11.8. The number of carbonyl (C=O) groups excluding carboxylic acids is 1. The van der Waals surface area contributed by atoms with Crippen molar-refractivity contribution < 1.29 is 13.6 Å². The van der Waals surface area contributed by atoms with Crippen LogP contribution in [0.15, 0.2) is 42.0 Å². The van der Waals surface area contributed by atoms with E-state index in [0.717, 1.165) is 17.0 Å². The number of tetrazole rings is 1. The third-order valence-corrected chi connectivity index (χ3v) is 3.95. The van der Waals surface area contributed by atoms with Gasteiger partial charge in [-0.1, -0.05) is 6.07 Å². The van der Waals surface area contributed by atoms with Crippen molar-refractivity contribution in [2.45, 2.75) is 13.1 Å². The number of halogens is 2. The molecule has 0 unspecified atom stereocenters. The highest BCUT2D eigenvalue weighted by molar-refractivity contribution is 7.09. The molecule has 2 heterocycles. The van der Waals surface area contributed by atoms with Gasteiger partial charge in [-0.2, -0.15) is 0 Å². The Morgan fingerprint density at radius 2 is 2.17 bits per heavy atom. The van der Waals surface area contributed by atoms with E-state index in [4.69, 9.17) is 0 Å². The van der Waals surface area contributed by atoms with Crippen molar-refractivity contribution in [1.29, 1.82) is 0 Å². The molecule has 3 rings (SSSR count). The molecule has 6 nitrogen and oxygen atoms in total. The van der Waals surface area contributed by atoms with Gasteiger partial charge in [0, 0.05) is 10.9 Å². The Morgan fingerprint density at radius 1 is 1.30 bits per heavy atom. The molecule has 0 aliphatic rings. The predicted molar refractivity (Wildman–Crippen MR) is 79.7 cm³/mol. The second-order valence-corrected chi connectivity index (χ2v) is 5.69. The van der Waals surface area contributed by atoms with Gasteiger partial charge in [-0.3, -0.25) is 4.79 Å². The van der Waals surface area contributed by atoms with E-state index < -0.39 is 17.5 Å². The lowest BCUT2D eigenvalue weighted by atomic mass is 10.2. The SMILES string of the molecule is O=C(Cn1cnnn1)N(Cc1cccs1)c1ccc(F)cc1F. The maximum absolute atomic E-state index is 14.1. The summed E-state index contributed by atoms with van der Waals surface area (Å²) in [6.07, 6.45) is 1.29. The Hall–Kier alpha value is -2.68. The maximum atomic E-state index is 14.1. The largest absolute Gasteiger partial charge is 0.303 e. The van der Waals surface area contributed by atoms with Crippen LogP contribution in [0, 0.1) is 11.6 Å². The number of benzene rings is 1. The first-order chi connectivity index (χ1) is 11.1. The quantitative estimate of drug-likeness (QED) is 0.717. The molecule has 0 fully saturated rings. The monoisotopic (exact) mass is 335 g/mol. The molecular weight excluding hydrogens is 324 g/mol. The van der Waals surface area contributed by atoms with Crippen LogP contribution in [0.3, 0.4) is 0 Å². The predicted octanol–water partition coefficient (Wildman–Crippen LogP) is 2.25. The van der Waals surface area contributed by atoms with Crippen molar-refractivity contribution in [3.63, 3.8) is 0 Å². The molecule has 23 heavy (non-hydrogen) atoms. The molecule has 0 aliphatic carbocycles. The third kappa shape index (κ3) is 3.57. The molecule has 0 spiro atoms. The van der Waals surface area contributed by atoms with Crippen molar-refractivity contribution in [2.75, 3.05) is 4.90 Å². The molecule has 0 bridgehead atoms. The van der Waals surface area contributed by atoms with Crippen molar-refractivity contribution in [1.82, 2.24) is 20.2 Å². The normalized spacial score (nSPS) is 10.7. The van der Waals surface area contributed by atoms with Gasteiger partial charge < -0.3 is 4.90 Å². The van der Waals surface area contributed by atoms with Crippen LogP contribution < -0.4 is 4.90 Å². The van der Waals surface area contributed by atoms with E-state index in [9.17, 15) is 13.6 Å². The first-order valence-electron chi connectivity index (χ1n) is 6.62. The van der Waals surface area contributed by atoms with Crippen LogP contribution in [0.2, 0.25) is 0 Å². The molecule has 0 radical (unpaired) electrons. The molecular formula is C14H11F2N5OS. The zero-order chi connectivity index (χ0) is 16.2. The van der Waals surface area contributed by atoms with Gasteiger partial charge >= 0.3 is 0 Å². The summed E-state index contributed by atoms with van der Waals surface area (Å²) >= 11 is 1.44. The number of anilines is 1. The fourth-order valence-electron chi connectivity index (χ4n) is 2.04. The van der Waals surface area contributed by atoms with Crippen LogP contribution in [-0.4, -0.2) is 26.1 Å². The van der Waals surface area contributed by atoms with Crippen molar-refractivity contribution >= 4 is 22.9 Å². The smallest absolute Gasteiger partial charge is 0.249 e. The van der Waals surface area contributed by atoms with Crippen molar-refractivity contribution in [3.05, 3.63) is 58.6 Å². The summed E-state index contributed by atoms with van der Waals surface area (Å²) in [5.74, 6) is -1.90. The summed E-state index contributed by atoms with van der Waals surface area (Å²) in [4.78, 5) is 14.7. The van der Waals surface area contributed by atoms with E-state index in [-0.39, 0.29) is 18.8 Å². The number of nitrogens with zero attached hydrogens (tertiary/aromatic N) is 5. The number of rotatable bonds is 5. The highest BCUT2D eigenvalue weighted by Crippen LogP contribution is 2.24. The molecule has 1 amide bonds. The minimum absolute atomic E-state index is 0.0119. The summed E-state index contributed by atoms with van der Waals surface area (Å²) in [5, 5.41) is 12.4. The number of amides is 1. The molecule has 1 aromatic carbocycles. The third-order valence-electron chi connectivity index (χ3n) is 3.08. The van der Waals surface area contributed by atoms with Crippen LogP contribution in [0.4, 0.5) is 14.5 Å². The first kappa shape index (κ1) is 15.2. The van der Waals surface area contributed by atoms with E-state index in [1.165, 1.54) is 33.3 Å². The highest BCUT2D eigenvalue weighted by Gasteiger charge is 2.21. The van der Waals surface area contributed by atoms with Crippen molar-refractivity contribution in [3.8, 4) is 0 Å². The van der Waals surface area contributed by atoms with Crippen LogP contribution >= 0.6 is 11.3 Å². The van der Waals surface area contributed by atoms with Gasteiger partial charge in [0.15, 0.2) is 0 Å². The minimum atomic E-state index is -0.799. The summed E-state index contributed by atoms with van der Waals surface area (Å²) in [5.41, 5.74) is 0.0119. The second kappa shape index (κ2) is 6.61. The van der Waals surface area contributed by atoms with E-state index in [2.05, 4.69) is 15.5 Å². The van der Waals surface area contributed by atoms with Gasteiger partial charge in [-0.15, -0.1) is 16.4 Å². The fraction of sp³-hybridized carbons (Fsp3) is 0.143. The minimum Gasteiger partial charge on any atom is -0.303 e. The Balaban J connectivity index is 1.90. The Bertz CT molecular complexity index is 792. The maximum Gasteiger partial charge on any atom is 0.249 e. The number of thiophene rings is 1. The number of hydrogen-bond acceptors (Lipinski definition) is 5. The lowest BCUT2D eigenvalue weighted by Crippen LogP contribution is -2.34. The average molecular weight is 335 g/mol. The number of aromatic nitrogens is 4. The topological polar surface area (TPSA) is 63.9 Å². The molecule has 3 aromatic rings. The van der Waals surface area contributed by atoms with Gasteiger partial charge in [0.05, 0.1) is 12.2 Å². The summed E-state index contributed by atoms with van der Waals surface area (Å²) < 4.78 is 28.5. The van der Waals surface area contributed by atoms with Gasteiger partial charge in [-0.25, -0.2) is 13.5 Å². The van der Waals surface area contributed by atoms with Gasteiger partial charge in [0.1, 0.15) is 24.5 Å². The Labute approximate surface area is 134 Å². The Morgan fingerprint density at radius 3 is 2.83 bits per heavy atom. The number of carbonyl (C=O) groups is 1. The highest BCUT2D eigenvalue weighted by atomic mass is 32.1. The lowest BCUT2D eigenvalue weighted by Gasteiger charge is -2.22. The van der Waals surface area contributed by atoms with E-state index in [0.29, 0.717) is 0 Å². The summed E-state index contributed by atoms with van der Waals surface area (Å²) in [6, 6.07) is 6.79. The van der Waals surface area contributed by atoms with Gasteiger partial charge in [-0.05, 0) is 34.0 Å². The van der Waals surface area contributed by atoms with E-state index in [1.54, 1.807) is 0 Å². The van der Waals surface area contributed by atoms with Crippen molar-refractivity contribution in [2.24, 2.45) is 0 Å². The molecule has 0 saturated heterocycles. The molecule has 0 aliphatic heterocycles. The van der Waals surface area contributed by atoms with Crippen LogP contribution in [-0.2, 0) is 17.9 Å². The number of hydrogen-bond donors (Lipinski definition) is 0. The molecule has 2 aromatic heterocycles. The van der Waals surface area contributed by atoms with Crippen LogP contribution in [0.1, 0.15) is 4.88 Å². The summed E-state index contributed by atoms with van der Waals surface area (Å²) in [7, 11) is 0. The molecule has 0 atom stereocenters. The van der Waals surface area contributed by atoms with E-state index in [1.807, 2.05) is 17.5 Å². The molecule has 0 N–H and O–H groups in total. The first-order valence-corrected chi connectivity index (χ1v) is 7.50. The van der Waals surface area contributed by atoms with Gasteiger partial charge in [0.2, 0.25) is 5.91 Å².